The molecule has 0 unspecified atom stereocenters. The van der Waals surface area contributed by atoms with Crippen LogP contribution < -0.4 is 0 Å². The van der Waals surface area contributed by atoms with Crippen molar-refractivity contribution in [2.24, 2.45) is 10.8 Å². The molecular weight excluding hydrogens is 388 g/mol. The molecule has 0 radical (unpaired) electrons. The van der Waals surface area contributed by atoms with Gasteiger partial charge in [0.15, 0.2) is 11.5 Å². The number of benzene rings is 1. The lowest BCUT2D eigenvalue weighted by molar-refractivity contribution is -0.148. The van der Waals surface area contributed by atoms with Gasteiger partial charge >= 0.3 is 11.9 Å². The maximum atomic E-state index is 11.2. The summed E-state index contributed by atoms with van der Waals surface area (Å²) in [6.45, 7) is 6.72. The molecule has 0 amide bonds. The summed E-state index contributed by atoms with van der Waals surface area (Å²) in [5, 5.41) is 49.0. The minimum atomic E-state index is -0.862. The van der Waals surface area contributed by atoms with E-state index in [2.05, 4.69) is 0 Å². The number of unbranched alkanes of at least 4 members (excludes halogenated alkanes) is 3. The lowest BCUT2D eigenvalue weighted by Crippen LogP contribution is -2.23. The van der Waals surface area contributed by atoms with Crippen LogP contribution in [0, 0.1) is 10.8 Å². The molecule has 0 saturated heterocycles. The van der Waals surface area contributed by atoms with E-state index in [9.17, 15) is 24.9 Å². The van der Waals surface area contributed by atoms with Crippen LogP contribution in [-0.2, 0) is 22.4 Å². The molecule has 0 spiro atoms. The van der Waals surface area contributed by atoms with Gasteiger partial charge in [-0.2, -0.15) is 0 Å². The summed E-state index contributed by atoms with van der Waals surface area (Å²) in [6, 6.07) is 1.36. The van der Waals surface area contributed by atoms with Gasteiger partial charge in [0.2, 0.25) is 0 Å². The summed E-state index contributed by atoms with van der Waals surface area (Å²) in [7, 11) is 0. The third kappa shape index (κ3) is 7.11. The van der Waals surface area contributed by atoms with Crippen LogP contribution >= 0.6 is 0 Å². The third-order valence-corrected chi connectivity index (χ3v) is 5.81. The highest BCUT2D eigenvalue weighted by Crippen LogP contribution is 2.40. The first-order valence-corrected chi connectivity index (χ1v) is 10.5. The third-order valence-electron chi connectivity index (χ3n) is 5.81. The number of hydrogen-bond acceptors (Lipinski definition) is 5. The van der Waals surface area contributed by atoms with Gasteiger partial charge < -0.3 is 25.5 Å². The second kappa shape index (κ2) is 10.5. The summed E-state index contributed by atoms with van der Waals surface area (Å²) in [5.74, 6) is -2.33. The Morgan fingerprint density at radius 3 is 1.70 bits per heavy atom. The molecular formula is C23H36O7. The first-order chi connectivity index (χ1) is 13.8. The zero-order chi connectivity index (χ0) is 23.1. The molecule has 30 heavy (non-hydrogen) atoms. The first-order valence-electron chi connectivity index (χ1n) is 10.5. The number of carboxylic acid groups (broad SMARTS) is 2. The molecule has 0 aromatic heterocycles. The Labute approximate surface area is 178 Å². The van der Waals surface area contributed by atoms with Crippen molar-refractivity contribution in [3.8, 4) is 17.2 Å². The molecule has 0 aliphatic heterocycles. The van der Waals surface area contributed by atoms with E-state index in [0.717, 1.165) is 19.3 Å². The number of aryl methyl sites for hydroxylation is 1. The average Bonchev–Trinajstić information content (AvgIpc) is 2.64. The lowest BCUT2D eigenvalue weighted by Gasteiger charge is -2.19. The highest BCUT2D eigenvalue weighted by molar-refractivity contribution is 5.73. The van der Waals surface area contributed by atoms with Crippen molar-refractivity contribution in [2.75, 3.05) is 0 Å². The number of carboxylic acids is 2. The quantitative estimate of drug-likeness (QED) is 0.174. The van der Waals surface area contributed by atoms with Crippen LogP contribution in [0.15, 0.2) is 6.07 Å². The van der Waals surface area contributed by atoms with E-state index in [0.29, 0.717) is 44.1 Å². The van der Waals surface area contributed by atoms with Crippen LogP contribution in [0.4, 0.5) is 0 Å². The van der Waals surface area contributed by atoms with Crippen LogP contribution in [0.25, 0.3) is 0 Å². The molecule has 5 N–H and O–H groups in total. The zero-order valence-corrected chi connectivity index (χ0v) is 18.5. The Balaban J connectivity index is 2.65. The van der Waals surface area contributed by atoms with Gasteiger partial charge in [-0.05, 0) is 77.8 Å². The van der Waals surface area contributed by atoms with E-state index < -0.39 is 22.8 Å². The molecule has 0 aliphatic carbocycles. The molecule has 7 heteroatoms. The van der Waals surface area contributed by atoms with Crippen molar-refractivity contribution >= 4 is 11.9 Å². The number of hydrogen-bond donors (Lipinski definition) is 5. The fourth-order valence-corrected chi connectivity index (χ4v) is 3.33. The second-order valence-electron chi connectivity index (χ2n) is 9.38. The SMILES string of the molecule is CC(C)(CCCCCc1cc(O)c(O)c(CCCCC(C)(C)C(=O)O)c1O)C(=O)O. The second-order valence-corrected chi connectivity index (χ2v) is 9.38. The van der Waals surface area contributed by atoms with Gasteiger partial charge in [-0.3, -0.25) is 9.59 Å². The van der Waals surface area contributed by atoms with Crippen LogP contribution in [0.3, 0.4) is 0 Å². The minimum Gasteiger partial charge on any atom is -0.507 e. The van der Waals surface area contributed by atoms with Gasteiger partial charge in [-0.15, -0.1) is 0 Å². The molecule has 0 fully saturated rings. The number of rotatable bonds is 13. The molecule has 0 saturated carbocycles. The predicted molar refractivity (Wildman–Crippen MR) is 114 cm³/mol. The number of phenolic OH excluding ortho intramolecular Hbond substituents is 3. The Bertz CT molecular complexity index is 750. The van der Waals surface area contributed by atoms with Gasteiger partial charge in [0.05, 0.1) is 10.8 Å². The van der Waals surface area contributed by atoms with Crippen molar-refractivity contribution in [1.82, 2.24) is 0 Å². The lowest BCUT2D eigenvalue weighted by atomic mass is 9.86. The van der Waals surface area contributed by atoms with Gasteiger partial charge in [0.1, 0.15) is 5.75 Å². The van der Waals surface area contributed by atoms with Crippen LogP contribution in [0.2, 0.25) is 0 Å². The highest BCUT2D eigenvalue weighted by Gasteiger charge is 2.27. The first kappa shape index (κ1) is 25.6. The van der Waals surface area contributed by atoms with Crippen LogP contribution in [-0.4, -0.2) is 37.5 Å². The monoisotopic (exact) mass is 424 g/mol. The maximum absolute atomic E-state index is 11.2. The van der Waals surface area contributed by atoms with Crippen molar-refractivity contribution in [2.45, 2.75) is 85.5 Å². The van der Waals surface area contributed by atoms with Crippen LogP contribution in [0.1, 0.15) is 83.8 Å². The van der Waals surface area contributed by atoms with E-state index in [1.165, 1.54) is 6.07 Å². The normalized spacial score (nSPS) is 12.1. The number of aromatic hydroxyl groups is 3. The molecule has 0 heterocycles. The Morgan fingerprint density at radius 2 is 1.20 bits per heavy atom. The summed E-state index contributed by atoms with van der Waals surface area (Å²) in [4.78, 5) is 22.3. The Kier molecular flexibility index (Phi) is 9.00. The van der Waals surface area contributed by atoms with E-state index in [-0.39, 0.29) is 22.8 Å². The minimum absolute atomic E-state index is 0.0336. The molecule has 1 rings (SSSR count). The fourth-order valence-electron chi connectivity index (χ4n) is 3.33. The van der Waals surface area contributed by atoms with Crippen molar-refractivity contribution < 1.29 is 35.1 Å². The fraction of sp³-hybridized carbons (Fsp3) is 0.652. The standard InChI is InChI=1S/C23H36O7/c1-22(2,20(27)28)12-8-5-6-10-15-14-17(24)19(26)16(18(15)25)11-7-9-13-23(3,4)21(29)30/h14,24-26H,5-13H2,1-4H3,(H,27,28)(H,29,30). The average molecular weight is 425 g/mol. The zero-order valence-electron chi connectivity index (χ0n) is 18.5. The molecule has 0 aliphatic rings. The van der Waals surface area contributed by atoms with E-state index in [1.54, 1.807) is 27.7 Å². The number of phenols is 3. The molecule has 0 atom stereocenters. The molecule has 1 aromatic carbocycles. The summed E-state index contributed by atoms with van der Waals surface area (Å²) in [5.41, 5.74) is -0.765. The summed E-state index contributed by atoms with van der Waals surface area (Å²) < 4.78 is 0. The summed E-state index contributed by atoms with van der Waals surface area (Å²) >= 11 is 0. The van der Waals surface area contributed by atoms with E-state index in [4.69, 9.17) is 10.2 Å². The molecule has 1 aromatic rings. The van der Waals surface area contributed by atoms with Crippen molar-refractivity contribution in [3.63, 3.8) is 0 Å². The van der Waals surface area contributed by atoms with Crippen molar-refractivity contribution in [1.29, 1.82) is 0 Å². The predicted octanol–water partition coefficient (Wildman–Crippen LogP) is 4.84. The molecule has 0 bridgehead atoms. The largest absolute Gasteiger partial charge is 0.507 e. The van der Waals surface area contributed by atoms with E-state index in [1.807, 2.05) is 0 Å². The van der Waals surface area contributed by atoms with Crippen molar-refractivity contribution in [3.05, 3.63) is 17.2 Å². The topological polar surface area (TPSA) is 135 Å². The number of aliphatic carboxylic acids is 2. The molecule has 170 valence electrons. The van der Waals surface area contributed by atoms with Gasteiger partial charge in [0.25, 0.3) is 0 Å². The smallest absolute Gasteiger partial charge is 0.309 e. The Hall–Kier alpha value is -2.44. The van der Waals surface area contributed by atoms with E-state index >= 15 is 0 Å². The number of carbonyl (C=O) groups is 2. The summed E-state index contributed by atoms with van der Waals surface area (Å²) in [6.07, 6.45) is 5.32. The highest BCUT2D eigenvalue weighted by atomic mass is 16.4. The molecule has 7 nitrogen and oxygen atoms in total. The maximum Gasteiger partial charge on any atom is 0.309 e. The van der Waals surface area contributed by atoms with Crippen LogP contribution in [0.5, 0.6) is 17.2 Å². The Morgan fingerprint density at radius 1 is 0.733 bits per heavy atom. The van der Waals surface area contributed by atoms with Gasteiger partial charge in [0, 0.05) is 5.56 Å². The van der Waals surface area contributed by atoms with Gasteiger partial charge in [-0.25, -0.2) is 0 Å². The van der Waals surface area contributed by atoms with Gasteiger partial charge in [-0.1, -0.05) is 19.3 Å².